The van der Waals surface area contributed by atoms with Gasteiger partial charge in [0.15, 0.2) is 0 Å². The average molecular weight is 381 g/mol. The van der Waals surface area contributed by atoms with Crippen LogP contribution in [-0.2, 0) is 10.0 Å². The highest BCUT2D eigenvalue weighted by Crippen LogP contribution is 2.19. The van der Waals surface area contributed by atoms with E-state index in [0.717, 1.165) is 12.1 Å². The summed E-state index contributed by atoms with van der Waals surface area (Å²) in [5, 5.41) is 0. The van der Waals surface area contributed by atoms with Crippen molar-refractivity contribution < 1.29 is 17.6 Å². The topological polar surface area (TPSA) is 73.5 Å². The number of sulfonamides is 1. The minimum absolute atomic E-state index is 0.0409. The summed E-state index contributed by atoms with van der Waals surface area (Å²) in [6.07, 6.45) is 1.65. The smallest absolute Gasteiger partial charge is 0.256 e. The van der Waals surface area contributed by atoms with E-state index in [-0.39, 0.29) is 37.0 Å². The maximum atomic E-state index is 13.0. The molecule has 1 saturated heterocycles. The lowest BCUT2D eigenvalue weighted by Crippen LogP contribution is -2.50. The van der Waals surface area contributed by atoms with Crippen molar-refractivity contribution in [2.24, 2.45) is 0 Å². The van der Waals surface area contributed by atoms with Crippen LogP contribution in [0.2, 0.25) is 0 Å². The van der Waals surface area contributed by atoms with Gasteiger partial charge in [-0.25, -0.2) is 12.8 Å². The lowest BCUT2D eigenvalue weighted by atomic mass is 10.2. The summed E-state index contributed by atoms with van der Waals surface area (Å²) in [5.74, 6) is -0.713. The van der Waals surface area contributed by atoms with Crippen molar-refractivity contribution in [1.82, 2.24) is 14.2 Å². The molecule has 1 aliphatic rings. The minimum Gasteiger partial charge on any atom is -0.352 e. The number of pyridine rings is 1. The van der Waals surface area contributed by atoms with Crippen LogP contribution in [0, 0.1) is 10.5 Å². The minimum atomic E-state index is -3.70. The van der Waals surface area contributed by atoms with Crippen LogP contribution in [0.1, 0.15) is 10.4 Å². The van der Waals surface area contributed by atoms with Gasteiger partial charge in [-0.15, -0.1) is 0 Å². The number of carbonyl (C=O) groups is 1. The van der Waals surface area contributed by atoms with Gasteiger partial charge < -0.3 is 9.88 Å². The van der Waals surface area contributed by atoms with Crippen molar-refractivity contribution in [3.05, 3.63) is 58.6 Å². The van der Waals surface area contributed by atoms with Crippen molar-refractivity contribution in [3.63, 3.8) is 0 Å². The van der Waals surface area contributed by atoms with Crippen LogP contribution in [0.4, 0.5) is 4.39 Å². The van der Waals surface area contributed by atoms with E-state index >= 15 is 0 Å². The second-order valence-electron chi connectivity index (χ2n) is 5.56. The molecule has 2 aromatic rings. The van der Waals surface area contributed by atoms with E-state index in [1.165, 1.54) is 16.4 Å². The number of hydrogen-bond acceptors (Lipinski definition) is 4. The van der Waals surface area contributed by atoms with E-state index < -0.39 is 15.8 Å². The van der Waals surface area contributed by atoms with Gasteiger partial charge in [0.05, 0.1) is 10.5 Å². The summed E-state index contributed by atoms with van der Waals surface area (Å²) < 4.78 is 39.8. The van der Waals surface area contributed by atoms with Gasteiger partial charge in [-0.05, 0) is 36.4 Å². The summed E-state index contributed by atoms with van der Waals surface area (Å²) in [6, 6.07) is 8.05. The molecule has 6 nitrogen and oxygen atoms in total. The number of halogens is 1. The Balaban J connectivity index is 1.71. The molecule has 0 saturated carbocycles. The van der Waals surface area contributed by atoms with E-state index in [4.69, 9.17) is 12.2 Å². The maximum Gasteiger partial charge on any atom is 0.256 e. The van der Waals surface area contributed by atoms with E-state index in [2.05, 4.69) is 4.98 Å². The first-order valence-corrected chi connectivity index (χ1v) is 9.47. The Hall–Kier alpha value is -2.10. The Labute approximate surface area is 149 Å². The molecule has 0 atom stereocenters. The molecule has 1 aromatic carbocycles. The molecule has 0 unspecified atom stereocenters. The number of aromatic amines is 1. The maximum absolute atomic E-state index is 13.0. The lowest BCUT2D eigenvalue weighted by molar-refractivity contribution is 0.0697. The number of amides is 1. The number of nitrogens with one attached hydrogen (secondary N) is 1. The molecule has 9 heteroatoms. The van der Waals surface area contributed by atoms with Crippen LogP contribution >= 0.6 is 12.2 Å². The normalized spacial score (nSPS) is 16.0. The van der Waals surface area contributed by atoms with Crippen LogP contribution in [0.25, 0.3) is 0 Å². The van der Waals surface area contributed by atoms with Crippen molar-refractivity contribution in [2.75, 3.05) is 26.2 Å². The number of piperazine rings is 1. The molecule has 0 bridgehead atoms. The summed E-state index contributed by atoms with van der Waals surface area (Å²) >= 11 is 5.11. The number of carbonyl (C=O) groups excluding carboxylic acids is 1. The van der Waals surface area contributed by atoms with Crippen LogP contribution in [0.15, 0.2) is 47.5 Å². The first kappa shape index (κ1) is 17.7. The second-order valence-corrected chi connectivity index (χ2v) is 7.91. The number of aromatic nitrogens is 1. The number of H-pyrrole nitrogens is 1. The monoisotopic (exact) mass is 381 g/mol. The molecule has 0 aliphatic carbocycles. The summed E-state index contributed by atoms with van der Waals surface area (Å²) in [7, 11) is -3.70. The molecule has 0 spiro atoms. The Morgan fingerprint density at radius 2 is 1.72 bits per heavy atom. The zero-order valence-corrected chi connectivity index (χ0v) is 14.8. The number of rotatable bonds is 3. The summed E-state index contributed by atoms with van der Waals surface area (Å²) in [6.45, 7) is 0.884. The largest absolute Gasteiger partial charge is 0.352 e. The average Bonchev–Trinajstić information content (AvgIpc) is 2.62. The molecule has 0 radical (unpaired) electrons. The molecular weight excluding hydrogens is 365 g/mol. The predicted molar refractivity (Wildman–Crippen MR) is 92.7 cm³/mol. The zero-order chi connectivity index (χ0) is 18.0. The lowest BCUT2D eigenvalue weighted by Gasteiger charge is -2.34. The number of hydrogen-bond donors (Lipinski definition) is 1. The quantitative estimate of drug-likeness (QED) is 0.826. The van der Waals surface area contributed by atoms with Gasteiger partial charge in [0.1, 0.15) is 10.5 Å². The van der Waals surface area contributed by atoms with Gasteiger partial charge in [0.2, 0.25) is 10.0 Å². The third-order valence-electron chi connectivity index (χ3n) is 4.03. The molecule has 1 amide bonds. The highest BCUT2D eigenvalue weighted by molar-refractivity contribution is 7.89. The standard InChI is InChI=1S/C16H16FN3O3S2/c17-12-3-5-13(6-4-12)25(22,23)20-10-8-19(9-11-20)16(21)14-2-1-7-18-15(14)24/h1-7H,8-11H2,(H,18,24). The molecule has 25 heavy (non-hydrogen) atoms. The second kappa shape index (κ2) is 7.03. The highest BCUT2D eigenvalue weighted by atomic mass is 32.2. The van der Waals surface area contributed by atoms with Gasteiger partial charge in [-0.3, -0.25) is 4.79 Å². The fourth-order valence-corrected chi connectivity index (χ4v) is 4.29. The summed E-state index contributed by atoms with van der Waals surface area (Å²) in [4.78, 5) is 16.9. The van der Waals surface area contributed by atoms with Crippen molar-refractivity contribution in [3.8, 4) is 0 Å². The molecule has 132 valence electrons. The van der Waals surface area contributed by atoms with Crippen LogP contribution in [0.3, 0.4) is 0 Å². The molecule has 1 N–H and O–H groups in total. The Morgan fingerprint density at radius 1 is 1.08 bits per heavy atom. The predicted octanol–water partition coefficient (Wildman–Crippen LogP) is 2.03. The van der Waals surface area contributed by atoms with E-state index in [0.29, 0.717) is 10.2 Å². The SMILES string of the molecule is O=C(c1ccc[nH]c1=S)N1CCN(S(=O)(=O)c2ccc(F)cc2)CC1. The molecule has 1 aromatic heterocycles. The van der Waals surface area contributed by atoms with E-state index in [1.807, 2.05) is 0 Å². The van der Waals surface area contributed by atoms with Gasteiger partial charge in [0, 0.05) is 32.4 Å². The summed E-state index contributed by atoms with van der Waals surface area (Å²) in [5.41, 5.74) is 0.396. The van der Waals surface area contributed by atoms with Crippen molar-refractivity contribution in [1.29, 1.82) is 0 Å². The van der Waals surface area contributed by atoms with Crippen LogP contribution < -0.4 is 0 Å². The molecule has 1 fully saturated rings. The highest BCUT2D eigenvalue weighted by Gasteiger charge is 2.30. The van der Waals surface area contributed by atoms with Crippen LogP contribution in [0.5, 0.6) is 0 Å². The van der Waals surface area contributed by atoms with Crippen molar-refractivity contribution in [2.45, 2.75) is 4.90 Å². The van der Waals surface area contributed by atoms with Crippen molar-refractivity contribution >= 4 is 28.1 Å². The van der Waals surface area contributed by atoms with Crippen LogP contribution in [-0.4, -0.2) is 54.7 Å². The third kappa shape index (κ3) is 3.63. The van der Waals surface area contributed by atoms with Gasteiger partial charge in [-0.1, -0.05) is 12.2 Å². The first-order valence-electron chi connectivity index (χ1n) is 7.62. The van der Waals surface area contributed by atoms with Gasteiger partial charge in [0.25, 0.3) is 5.91 Å². The number of benzene rings is 1. The Morgan fingerprint density at radius 3 is 2.32 bits per heavy atom. The fourth-order valence-electron chi connectivity index (χ4n) is 2.65. The van der Waals surface area contributed by atoms with E-state index in [9.17, 15) is 17.6 Å². The third-order valence-corrected chi connectivity index (χ3v) is 6.28. The Bertz CT molecular complexity index is 934. The zero-order valence-electron chi connectivity index (χ0n) is 13.2. The molecular formula is C16H16FN3O3S2. The molecule has 2 heterocycles. The molecule has 3 rings (SSSR count). The molecule has 1 aliphatic heterocycles. The van der Waals surface area contributed by atoms with E-state index in [1.54, 1.807) is 23.2 Å². The van der Waals surface area contributed by atoms with Gasteiger partial charge in [-0.2, -0.15) is 4.31 Å². The fraction of sp³-hybridized carbons (Fsp3) is 0.250. The Kier molecular flexibility index (Phi) is 4.98. The van der Waals surface area contributed by atoms with Gasteiger partial charge >= 0.3 is 0 Å². The first-order chi connectivity index (χ1) is 11.9. The number of nitrogens with zero attached hydrogens (tertiary/aromatic N) is 2.